The zero-order chi connectivity index (χ0) is 15.9. The monoisotopic (exact) mass is 404 g/mol. The third kappa shape index (κ3) is 2.99. The Morgan fingerprint density at radius 1 is 1.32 bits per heavy atom. The van der Waals surface area contributed by atoms with Gasteiger partial charge in [0.15, 0.2) is 4.73 Å². The van der Waals surface area contributed by atoms with Crippen LogP contribution in [0.4, 0.5) is 0 Å². The summed E-state index contributed by atoms with van der Waals surface area (Å²) in [7, 11) is 0. The van der Waals surface area contributed by atoms with Crippen LogP contribution in [0.15, 0.2) is 16.9 Å². The molecule has 0 bridgehead atoms. The van der Waals surface area contributed by atoms with Gasteiger partial charge in [0.1, 0.15) is 6.10 Å². The summed E-state index contributed by atoms with van der Waals surface area (Å²) in [5.74, 6) is -0.251. The van der Waals surface area contributed by atoms with Crippen molar-refractivity contribution >= 4 is 56.1 Å². The Morgan fingerprint density at radius 2 is 2.00 bits per heavy atom. The van der Waals surface area contributed by atoms with Crippen LogP contribution < -0.4 is 0 Å². The number of rotatable bonds is 2. The molecule has 1 fully saturated rings. The SMILES string of the molecule is CC(=O)OC1CCCCC1n1c(Br)nc2cc(Cl)c(Cl)cc21. The number of hydrogen-bond acceptors (Lipinski definition) is 3. The van der Waals surface area contributed by atoms with E-state index in [-0.39, 0.29) is 18.1 Å². The van der Waals surface area contributed by atoms with E-state index >= 15 is 0 Å². The van der Waals surface area contributed by atoms with Crippen molar-refractivity contribution in [3.8, 4) is 0 Å². The van der Waals surface area contributed by atoms with Gasteiger partial charge in [0.05, 0.1) is 27.1 Å². The largest absolute Gasteiger partial charge is 0.460 e. The molecule has 2 aromatic rings. The highest BCUT2D eigenvalue weighted by Gasteiger charge is 2.31. The lowest BCUT2D eigenvalue weighted by Crippen LogP contribution is -2.31. The molecule has 1 aliphatic rings. The normalized spacial score (nSPS) is 22.0. The van der Waals surface area contributed by atoms with Gasteiger partial charge in [-0.05, 0) is 47.3 Å². The predicted molar refractivity (Wildman–Crippen MR) is 90.5 cm³/mol. The molecule has 1 saturated carbocycles. The van der Waals surface area contributed by atoms with Gasteiger partial charge in [-0.3, -0.25) is 4.79 Å². The van der Waals surface area contributed by atoms with Gasteiger partial charge in [-0.25, -0.2) is 4.98 Å². The number of imidazole rings is 1. The van der Waals surface area contributed by atoms with Gasteiger partial charge in [-0.1, -0.05) is 29.6 Å². The Morgan fingerprint density at radius 3 is 2.73 bits per heavy atom. The molecule has 1 heterocycles. The first-order chi connectivity index (χ1) is 10.5. The van der Waals surface area contributed by atoms with Gasteiger partial charge in [-0.2, -0.15) is 0 Å². The van der Waals surface area contributed by atoms with E-state index in [2.05, 4.69) is 25.5 Å². The molecule has 0 radical (unpaired) electrons. The molecule has 1 aromatic heterocycles. The summed E-state index contributed by atoms with van der Waals surface area (Å²) < 4.78 is 8.28. The van der Waals surface area contributed by atoms with Crippen molar-refractivity contribution in [1.82, 2.24) is 9.55 Å². The van der Waals surface area contributed by atoms with Crippen molar-refractivity contribution < 1.29 is 9.53 Å². The van der Waals surface area contributed by atoms with Crippen LogP contribution >= 0.6 is 39.1 Å². The number of fused-ring (bicyclic) bond motifs is 1. The highest BCUT2D eigenvalue weighted by atomic mass is 79.9. The average Bonchev–Trinajstić information content (AvgIpc) is 2.75. The lowest BCUT2D eigenvalue weighted by atomic mass is 9.92. The number of carbonyl (C=O) groups is 1. The molecule has 0 spiro atoms. The minimum Gasteiger partial charge on any atom is -0.460 e. The number of hydrogen-bond donors (Lipinski definition) is 0. The quantitative estimate of drug-likeness (QED) is 0.648. The van der Waals surface area contributed by atoms with Crippen LogP contribution in [0.3, 0.4) is 0 Å². The first-order valence-corrected chi connectivity index (χ1v) is 8.72. The van der Waals surface area contributed by atoms with Crippen LogP contribution in [0.25, 0.3) is 11.0 Å². The molecule has 2 atom stereocenters. The van der Waals surface area contributed by atoms with Crippen LogP contribution in [-0.4, -0.2) is 21.6 Å². The number of nitrogens with zero attached hydrogens (tertiary/aromatic N) is 2. The molecule has 4 nitrogen and oxygen atoms in total. The van der Waals surface area contributed by atoms with Crippen molar-refractivity contribution in [3.63, 3.8) is 0 Å². The number of ether oxygens (including phenoxy) is 1. The van der Waals surface area contributed by atoms with E-state index in [1.807, 2.05) is 6.07 Å². The van der Waals surface area contributed by atoms with Crippen LogP contribution in [0.2, 0.25) is 10.0 Å². The van der Waals surface area contributed by atoms with E-state index in [0.717, 1.165) is 36.7 Å². The molecule has 0 N–H and O–H groups in total. The third-order valence-electron chi connectivity index (χ3n) is 4.01. The molecule has 0 amide bonds. The van der Waals surface area contributed by atoms with Gasteiger partial charge in [0.2, 0.25) is 0 Å². The second-order valence-electron chi connectivity index (χ2n) is 5.51. The second kappa shape index (κ2) is 6.38. The van der Waals surface area contributed by atoms with E-state index in [1.54, 1.807) is 6.07 Å². The zero-order valence-electron chi connectivity index (χ0n) is 12.0. The van der Waals surface area contributed by atoms with Crippen LogP contribution in [0, 0.1) is 0 Å². The molecule has 0 aliphatic heterocycles. The molecule has 3 rings (SSSR count). The zero-order valence-corrected chi connectivity index (χ0v) is 15.1. The highest BCUT2D eigenvalue weighted by molar-refractivity contribution is 9.10. The van der Waals surface area contributed by atoms with E-state index < -0.39 is 0 Å². The molecule has 118 valence electrons. The summed E-state index contributed by atoms with van der Waals surface area (Å²) in [6.07, 6.45) is 3.80. The number of benzene rings is 1. The Bertz CT molecular complexity index is 732. The fraction of sp³-hybridized carbons (Fsp3) is 0.467. The molecule has 2 unspecified atom stereocenters. The Balaban J connectivity index is 2.09. The summed E-state index contributed by atoms with van der Waals surface area (Å²) in [4.78, 5) is 15.9. The van der Waals surface area contributed by atoms with Gasteiger partial charge in [-0.15, -0.1) is 0 Å². The maximum atomic E-state index is 11.4. The van der Waals surface area contributed by atoms with Crippen LogP contribution in [0.1, 0.15) is 38.6 Å². The molecular formula is C15H15BrCl2N2O2. The number of esters is 1. The lowest BCUT2D eigenvalue weighted by molar-refractivity contribution is -0.150. The standard InChI is InChI=1S/C15H15BrCl2N2O2/c1-8(21)22-14-5-3-2-4-12(14)20-13-7-10(18)9(17)6-11(13)19-15(20)16/h6-7,12,14H,2-5H2,1H3. The Hall–Kier alpha value is -0.780. The van der Waals surface area contributed by atoms with Crippen molar-refractivity contribution in [1.29, 1.82) is 0 Å². The first kappa shape index (κ1) is 16.1. The fourth-order valence-electron chi connectivity index (χ4n) is 3.10. The molecule has 1 aliphatic carbocycles. The van der Waals surface area contributed by atoms with Gasteiger partial charge < -0.3 is 9.30 Å². The van der Waals surface area contributed by atoms with Crippen LogP contribution in [0.5, 0.6) is 0 Å². The summed E-state index contributed by atoms with van der Waals surface area (Å²) in [6, 6.07) is 3.62. The van der Waals surface area contributed by atoms with Crippen molar-refractivity contribution in [2.24, 2.45) is 0 Å². The minimum absolute atomic E-state index is 0.0502. The van der Waals surface area contributed by atoms with E-state index in [4.69, 9.17) is 27.9 Å². The summed E-state index contributed by atoms with van der Waals surface area (Å²) in [5, 5.41) is 0.967. The predicted octanol–water partition coefficient (Wildman–Crippen LogP) is 5.15. The van der Waals surface area contributed by atoms with Crippen molar-refractivity contribution in [3.05, 3.63) is 26.9 Å². The second-order valence-corrected chi connectivity index (χ2v) is 7.03. The number of halogens is 3. The molecule has 1 aromatic carbocycles. The van der Waals surface area contributed by atoms with E-state index in [1.165, 1.54) is 6.92 Å². The minimum atomic E-state index is -0.251. The van der Waals surface area contributed by atoms with Crippen LogP contribution in [-0.2, 0) is 9.53 Å². The third-order valence-corrected chi connectivity index (χ3v) is 5.29. The molecule has 22 heavy (non-hydrogen) atoms. The van der Waals surface area contributed by atoms with E-state index in [9.17, 15) is 4.79 Å². The maximum absolute atomic E-state index is 11.4. The van der Waals surface area contributed by atoms with Crippen molar-refractivity contribution in [2.45, 2.75) is 44.8 Å². The summed E-state index contributed by atoms with van der Waals surface area (Å²) in [6.45, 7) is 1.45. The Labute approximate surface area is 146 Å². The summed E-state index contributed by atoms with van der Waals surface area (Å²) >= 11 is 15.7. The Kier molecular flexibility index (Phi) is 4.67. The highest BCUT2D eigenvalue weighted by Crippen LogP contribution is 2.38. The maximum Gasteiger partial charge on any atom is 0.302 e. The molecule has 7 heteroatoms. The molecule has 0 saturated heterocycles. The number of carbonyl (C=O) groups excluding carboxylic acids is 1. The van der Waals surface area contributed by atoms with Gasteiger partial charge in [0, 0.05) is 6.92 Å². The summed E-state index contributed by atoms with van der Waals surface area (Å²) in [5.41, 5.74) is 1.67. The number of aromatic nitrogens is 2. The smallest absolute Gasteiger partial charge is 0.302 e. The fourth-order valence-corrected chi connectivity index (χ4v) is 4.06. The van der Waals surface area contributed by atoms with Gasteiger partial charge >= 0.3 is 5.97 Å². The molecular weight excluding hydrogens is 391 g/mol. The first-order valence-electron chi connectivity index (χ1n) is 7.17. The lowest BCUT2D eigenvalue weighted by Gasteiger charge is -2.32. The topological polar surface area (TPSA) is 44.1 Å². The van der Waals surface area contributed by atoms with Crippen molar-refractivity contribution in [2.75, 3.05) is 0 Å². The van der Waals surface area contributed by atoms with Gasteiger partial charge in [0.25, 0.3) is 0 Å². The van der Waals surface area contributed by atoms with E-state index in [0.29, 0.717) is 14.8 Å². The average molecular weight is 406 g/mol.